The summed E-state index contributed by atoms with van der Waals surface area (Å²) in [5.74, 6) is 1.20. The predicted molar refractivity (Wildman–Crippen MR) is 88.7 cm³/mol. The number of amides is 1. The smallest absolute Gasteiger partial charge is 0.416 e. The van der Waals surface area contributed by atoms with Crippen molar-refractivity contribution in [2.45, 2.75) is 56.5 Å². The number of ether oxygens (including phenoxy) is 1. The van der Waals surface area contributed by atoms with Gasteiger partial charge in [0.1, 0.15) is 11.4 Å². The van der Waals surface area contributed by atoms with Crippen molar-refractivity contribution in [1.82, 2.24) is 10.3 Å². The van der Waals surface area contributed by atoms with Gasteiger partial charge in [0.05, 0.1) is 6.54 Å². The highest BCUT2D eigenvalue weighted by molar-refractivity contribution is 5.89. The van der Waals surface area contributed by atoms with Crippen LogP contribution < -0.4 is 10.2 Å². The fraction of sp³-hybridized carbons (Fsp3) is 0.667. The van der Waals surface area contributed by atoms with Crippen LogP contribution in [-0.4, -0.2) is 36.3 Å². The molecule has 1 aliphatic carbocycles. The summed E-state index contributed by atoms with van der Waals surface area (Å²) in [6, 6.07) is 6.03. The molecule has 2 saturated heterocycles. The maximum atomic E-state index is 12.4. The predicted octanol–water partition coefficient (Wildman–Crippen LogP) is 3.21. The molecule has 3 heterocycles. The summed E-state index contributed by atoms with van der Waals surface area (Å²) < 4.78 is 5.78. The Morgan fingerprint density at radius 2 is 2.09 bits per heavy atom. The van der Waals surface area contributed by atoms with Gasteiger partial charge in [0, 0.05) is 18.2 Å². The molecule has 1 atom stereocenters. The number of carbonyl (C=O) groups excluding carboxylic acids is 1. The molecule has 0 aromatic carbocycles. The highest BCUT2D eigenvalue weighted by Gasteiger charge is 2.46. The van der Waals surface area contributed by atoms with Crippen molar-refractivity contribution >= 4 is 11.9 Å². The Bertz CT molecular complexity index is 577. The first-order valence-electron chi connectivity index (χ1n) is 8.94. The monoisotopic (exact) mass is 315 g/mol. The zero-order valence-corrected chi connectivity index (χ0v) is 13.6. The summed E-state index contributed by atoms with van der Waals surface area (Å²) in [5.41, 5.74) is 0.825. The van der Waals surface area contributed by atoms with Gasteiger partial charge in [-0.25, -0.2) is 9.78 Å². The van der Waals surface area contributed by atoms with Gasteiger partial charge in [-0.15, -0.1) is 0 Å². The van der Waals surface area contributed by atoms with Crippen LogP contribution in [0.25, 0.3) is 0 Å². The number of hydrogen-bond donors (Lipinski definition) is 1. The van der Waals surface area contributed by atoms with Crippen LogP contribution in [0, 0.1) is 0 Å². The highest BCUT2D eigenvalue weighted by atomic mass is 16.6. The lowest BCUT2D eigenvalue weighted by Crippen LogP contribution is -2.36. The average molecular weight is 315 g/mol. The Morgan fingerprint density at radius 1 is 1.22 bits per heavy atom. The van der Waals surface area contributed by atoms with Gasteiger partial charge in [0.25, 0.3) is 0 Å². The lowest BCUT2D eigenvalue weighted by Gasteiger charge is -2.30. The van der Waals surface area contributed by atoms with E-state index >= 15 is 0 Å². The minimum atomic E-state index is -0.264. The van der Waals surface area contributed by atoms with Gasteiger partial charge in [0.2, 0.25) is 0 Å². The average Bonchev–Trinajstić information content (AvgIpc) is 2.92. The molecular formula is C18H25N3O2. The largest absolute Gasteiger partial charge is 0.441 e. The second kappa shape index (κ2) is 6.11. The summed E-state index contributed by atoms with van der Waals surface area (Å²) >= 11 is 0. The molecule has 0 bridgehead atoms. The zero-order chi connectivity index (χ0) is 15.7. The molecule has 2 aliphatic heterocycles. The van der Waals surface area contributed by atoms with E-state index in [4.69, 9.17) is 9.72 Å². The van der Waals surface area contributed by atoms with Gasteiger partial charge in [-0.05, 0) is 57.2 Å². The van der Waals surface area contributed by atoms with E-state index < -0.39 is 0 Å². The number of nitrogens with zero attached hydrogens (tertiary/aromatic N) is 2. The number of carbonyl (C=O) groups is 1. The van der Waals surface area contributed by atoms with E-state index in [1.54, 1.807) is 4.90 Å². The summed E-state index contributed by atoms with van der Waals surface area (Å²) in [5, 5.41) is 3.43. The summed E-state index contributed by atoms with van der Waals surface area (Å²) in [4.78, 5) is 18.9. The normalized spacial score (nSPS) is 27.2. The fourth-order valence-corrected chi connectivity index (χ4v) is 4.18. The molecule has 3 aliphatic rings. The summed E-state index contributed by atoms with van der Waals surface area (Å²) in [6.07, 6.45) is 7.66. The first kappa shape index (κ1) is 14.9. The molecule has 1 saturated carbocycles. The van der Waals surface area contributed by atoms with Gasteiger partial charge < -0.3 is 10.1 Å². The minimum Gasteiger partial charge on any atom is -0.441 e. The standard InChI is InChI=1S/C18H25N3O2/c22-17-21(13-18(23-17)9-2-1-3-10-18)16-8-4-7-15(20-16)14-6-5-11-19-12-14/h4,7-8,14,19H,1-3,5-6,9-13H2/t14-/m0/s1. The molecule has 4 rings (SSSR count). The van der Waals surface area contributed by atoms with Crippen molar-refractivity contribution in [3.05, 3.63) is 23.9 Å². The number of hydrogen-bond acceptors (Lipinski definition) is 4. The molecule has 5 heteroatoms. The number of rotatable bonds is 2. The fourth-order valence-electron chi connectivity index (χ4n) is 4.18. The van der Waals surface area contributed by atoms with Crippen molar-refractivity contribution < 1.29 is 9.53 Å². The highest BCUT2D eigenvalue weighted by Crippen LogP contribution is 2.38. The molecule has 0 radical (unpaired) electrons. The van der Waals surface area contributed by atoms with Crippen LogP contribution in [0.4, 0.5) is 10.6 Å². The van der Waals surface area contributed by atoms with Crippen molar-refractivity contribution in [2.75, 3.05) is 24.5 Å². The Balaban J connectivity index is 1.54. The van der Waals surface area contributed by atoms with E-state index in [0.717, 1.165) is 56.7 Å². The van der Waals surface area contributed by atoms with E-state index in [0.29, 0.717) is 12.5 Å². The molecule has 1 spiro atoms. The number of anilines is 1. The maximum absolute atomic E-state index is 12.4. The van der Waals surface area contributed by atoms with Crippen LogP contribution in [0.15, 0.2) is 18.2 Å². The van der Waals surface area contributed by atoms with Crippen LogP contribution in [0.1, 0.15) is 56.6 Å². The molecule has 3 fully saturated rings. The lowest BCUT2D eigenvalue weighted by atomic mass is 9.85. The second-order valence-electron chi connectivity index (χ2n) is 7.16. The van der Waals surface area contributed by atoms with E-state index in [1.165, 1.54) is 12.8 Å². The van der Waals surface area contributed by atoms with Gasteiger partial charge in [0.15, 0.2) is 0 Å². The molecule has 23 heavy (non-hydrogen) atoms. The molecular weight excluding hydrogens is 290 g/mol. The molecule has 1 aromatic rings. The molecule has 1 N–H and O–H groups in total. The quantitative estimate of drug-likeness (QED) is 0.910. The first-order valence-corrected chi connectivity index (χ1v) is 8.94. The summed E-state index contributed by atoms with van der Waals surface area (Å²) in [6.45, 7) is 2.73. The number of nitrogens with one attached hydrogen (secondary N) is 1. The topological polar surface area (TPSA) is 54.5 Å². The summed E-state index contributed by atoms with van der Waals surface area (Å²) in [7, 11) is 0. The van der Waals surface area contributed by atoms with Gasteiger partial charge in [-0.1, -0.05) is 12.5 Å². The zero-order valence-electron chi connectivity index (χ0n) is 13.6. The maximum Gasteiger partial charge on any atom is 0.416 e. The number of pyridine rings is 1. The van der Waals surface area contributed by atoms with Crippen molar-refractivity contribution in [3.63, 3.8) is 0 Å². The Hall–Kier alpha value is -1.62. The third-order valence-corrected chi connectivity index (χ3v) is 5.48. The Labute approximate surface area is 137 Å². The van der Waals surface area contributed by atoms with Crippen LogP contribution in [-0.2, 0) is 4.74 Å². The lowest BCUT2D eigenvalue weighted by molar-refractivity contribution is 0.0260. The van der Waals surface area contributed by atoms with Gasteiger partial charge >= 0.3 is 6.09 Å². The van der Waals surface area contributed by atoms with Gasteiger partial charge in [-0.3, -0.25) is 4.90 Å². The molecule has 124 valence electrons. The number of aromatic nitrogens is 1. The second-order valence-corrected chi connectivity index (χ2v) is 7.16. The molecule has 5 nitrogen and oxygen atoms in total. The van der Waals surface area contributed by atoms with E-state index in [1.807, 2.05) is 12.1 Å². The van der Waals surface area contributed by atoms with E-state index in [9.17, 15) is 4.79 Å². The van der Waals surface area contributed by atoms with Crippen LogP contribution in [0.2, 0.25) is 0 Å². The van der Waals surface area contributed by atoms with Crippen LogP contribution in [0.3, 0.4) is 0 Å². The van der Waals surface area contributed by atoms with Crippen molar-refractivity contribution in [2.24, 2.45) is 0 Å². The first-order chi connectivity index (χ1) is 11.3. The van der Waals surface area contributed by atoms with Crippen molar-refractivity contribution in [1.29, 1.82) is 0 Å². The van der Waals surface area contributed by atoms with Crippen LogP contribution in [0.5, 0.6) is 0 Å². The van der Waals surface area contributed by atoms with Crippen LogP contribution >= 0.6 is 0 Å². The third kappa shape index (κ3) is 2.94. The minimum absolute atomic E-state index is 0.224. The van der Waals surface area contributed by atoms with Gasteiger partial charge in [-0.2, -0.15) is 0 Å². The van der Waals surface area contributed by atoms with Crippen molar-refractivity contribution in [3.8, 4) is 0 Å². The number of piperidine rings is 1. The molecule has 1 aromatic heterocycles. The molecule has 0 unspecified atom stereocenters. The molecule has 1 amide bonds. The SMILES string of the molecule is O=C1OC2(CCCCC2)CN1c1cccc([C@H]2CCCNC2)n1. The Morgan fingerprint density at radius 3 is 2.87 bits per heavy atom. The third-order valence-electron chi connectivity index (χ3n) is 5.48. The van der Waals surface area contributed by atoms with E-state index in [-0.39, 0.29) is 11.7 Å². The Kier molecular flexibility index (Phi) is 3.97. The van der Waals surface area contributed by atoms with E-state index in [2.05, 4.69) is 11.4 Å².